The highest BCUT2D eigenvalue weighted by atomic mass is 79.9. The van der Waals surface area contributed by atoms with Crippen LogP contribution in [0.25, 0.3) is 0 Å². The first kappa shape index (κ1) is 11.7. The van der Waals surface area contributed by atoms with Gasteiger partial charge in [0.15, 0.2) is 0 Å². The van der Waals surface area contributed by atoms with Crippen LogP contribution in [-0.2, 0) is 4.79 Å². The van der Waals surface area contributed by atoms with Crippen molar-refractivity contribution < 1.29 is 4.79 Å². The van der Waals surface area contributed by atoms with E-state index in [1.54, 1.807) is 32.2 Å². The second-order valence-electron chi connectivity index (χ2n) is 3.52. The number of nitrogens with one attached hydrogen (secondary N) is 1. The van der Waals surface area contributed by atoms with E-state index in [0.29, 0.717) is 10.3 Å². The number of pyridine rings is 1. The summed E-state index contributed by atoms with van der Waals surface area (Å²) in [4.78, 5) is 15.6. The van der Waals surface area contributed by atoms with Crippen molar-refractivity contribution in [3.05, 3.63) is 22.8 Å². The van der Waals surface area contributed by atoms with Crippen LogP contribution in [-0.4, -0.2) is 10.9 Å². The van der Waals surface area contributed by atoms with E-state index >= 15 is 0 Å². The predicted molar refractivity (Wildman–Crippen MR) is 60.0 cm³/mol. The van der Waals surface area contributed by atoms with Crippen molar-refractivity contribution in [2.24, 2.45) is 5.41 Å². The second kappa shape index (κ2) is 4.41. The Bertz CT molecular complexity index is 423. The Hall–Kier alpha value is -1.41. The number of amides is 1. The van der Waals surface area contributed by atoms with Crippen molar-refractivity contribution in [1.82, 2.24) is 4.98 Å². The van der Waals surface area contributed by atoms with E-state index in [0.717, 1.165) is 0 Å². The maximum atomic E-state index is 11.6. The van der Waals surface area contributed by atoms with Gasteiger partial charge in [0.1, 0.15) is 11.2 Å². The molecule has 0 radical (unpaired) electrons. The topological polar surface area (TPSA) is 65.8 Å². The fourth-order valence-corrected chi connectivity index (χ4v) is 1.15. The average molecular weight is 268 g/mol. The summed E-state index contributed by atoms with van der Waals surface area (Å²) < 4.78 is 0.687. The summed E-state index contributed by atoms with van der Waals surface area (Å²) in [5, 5.41) is 11.4. The summed E-state index contributed by atoms with van der Waals surface area (Å²) >= 11 is 3.25. The number of hydrogen-bond donors (Lipinski definition) is 1. The van der Waals surface area contributed by atoms with Gasteiger partial charge in [0, 0.05) is 6.20 Å². The lowest BCUT2D eigenvalue weighted by atomic mass is 9.95. The Balaban J connectivity index is 2.86. The normalized spacial score (nSPS) is 10.5. The molecule has 1 rings (SSSR count). The molecule has 0 aromatic carbocycles. The highest BCUT2D eigenvalue weighted by Gasteiger charge is 2.27. The molecule has 0 spiro atoms. The molecule has 78 valence electrons. The largest absolute Gasteiger partial charge is 0.308 e. The van der Waals surface area contributed by atoms with Gasteiger partial charge in [0.2, 0.25) is 5.91 Å². The van der Waals surface area contributed by atoms with Gasteiger partial charge in [-0.25, -0.2) is 4.98 Å². The molecule has 1 amide bonds. The molecule has 0 unspecified atom stereocenters. The summed E-state index contributed by atoms with van der Waals surface area (Å²) in [7, 11) is 0. The smallest absolute Gasteiger partial charge is 0.245 e. The van der Waals surface area contributed by atoms with E-state index in [1.807, 2.05) is 6.07 Å². The van der Waals surface area contributed by atoms with Gasteiger partial charge in [0.05, 0.1) is 10.5 Å². The molecule has 0 fully saturated rings. The molecule has 0 aliphatic rings. The summed E-state index contributed by atoms with van der Waals surface area (Å²) in [6, 6.07) is 5.44. The van der Waals surface area contributed by atoms with Gasteiger partial charge in [-0.3, -0.25) is 4.79 Å². The molecule has 5 heteroatoms. The van der Waals surface area contributed by atoms with Crippen LogP contribution < -0.4 is 5.32 Å². The lowest BCUT2D eigenvalue weighted by molar-refractivity contribution is -0.121. The van der Waals surface area contributed by atoms with E-state index in [-0.39, 0.29) is 5.91 Å². The van der Waals surface area contributed by atoms with Crippen LogP contribution in [0.4, 0.5) is 5.82 Å². The molecule has 0 saturated carbocycles. The second-order valence-corrected chi connectivity index (χ2v) is 4.38. The minimum Gasteiger partial charge on any atom is -0.308 e. The lowest BCUT2D eigenvalue weighted by Gasteiger charge is -2.14. The number of carbonyl (C=O) groups is 1. The number of carbonyl (C=O) groups excluding carboxylic acids is 1. The number of nitrogens with zero attached hydrogens (tertiary/aromatic N) is 2. The number of hydrogen-bond acceptors (Lipinski definition) is 3. The zero-order chi connectivity index (χ0) is 11.5. The molecule has 1 aromatic rings. The van der Waals surface area contributed by atoms with Crippen molar-refractivity contribution in [3.8, 4) is 6.07 Å². The van der Waals surface area contributed by atoms with Crippen molar-refractivity contribution in [2.75, 3.05) is 5.32 Å². The first-order valence-corrected chi connectivity index (χ1v) is 5.10. The standard InChI is InChI=1S/C10H10BrN3O/c1-10(2,6-12)9(15)14-8-7(11)4-3-5-13-8/h3-5H,1-2H3,(H,13,14,15). The fraction of sp³-hybridized carbons (Fsp3) is 0.300. The molecule has 0 bridgehead atoms. The number of rotatable bonds is 2. The highest BCUT2D eigenvalue weighted by molar-refractivity contribution is 9.10. The number of aromatic nitrogens is 1. The van der Waals surface area contributed by atoms with Crippen molar-refractivity contribution in [1.29, 1.82) is 5.26 Å². The van der Waals surface area contributed by atoms with Crippen LogP contribution in [0.2, 0.25) is 0 Å². The fourth-order valence-electron chi connectivity index (χ4n) is 0.792. The van der Waals surface area contributed by atoms with Gasteiger partial charge < -0.3 is 5.32 Å². The van der Waals surface area contributed by atoms with Gasteiger partial charge >= 0.3 is 0 Å². The molecule has 1 N–H and O–H groups in total. The number of halogens is 1. The first-order valence-electron chi connectivity index (χ1n) is 4.30. The van der Waals surface area contributed by atoms with Crippen molar-refractivity contribution in [3.63, 3.8) is 0 Å². The maximum absolute atomic E-state index is 11.6. The van der Waals surface area contributed by atoms with Gasteiger partial charge in [0.25, 0.3) is 0 Å². The Kier molecular flexibility index (Phi) is 3.43. The summed E-state index contributed by atoms with van der Waals surface area (Å²) in [6.45, 7) is 3.11. The Morgan fingerprint density at radius 2 is 2.33 bits per heavy atom. The summed E-state index contributed by atoms with van der Waals surface area (Å²) in [5.74, 6) is 0.0511. The van der Waals surface area contributed by atoms with Crippen LogP contribution in [0, 0.1) is 16.7 Å². The third-order valence-corrected chi connectivity index (χ3v) is 2.48. The molecule has 0 saturated heterocycles. The average Bonchev–Trinajstić information content (AvgIpc) is 2.21. The number of nitriles is 1. The Morgan fingerprint density at radius 3 is 2.87 bits per heavy atom. The SMILES string of the molecule is CC(C)(C#N)C(=O)Nc1ncccc1Br. The number of anilines is 1. The van der Waals surface area contributed by atoms with Gasteiger partial charge in [-0.05, 0) is 41.9 Å². The molecule has 15 heavy (non-hydrogen) atoms. The third-order valence-electron chi connectivity index (χ3n) is 1.84. The Labute approximate surface area is 96.4 Å². The molecule has 0 aliphatic heterocycles. The molecule has 1 aromatic heterocycles. The zero-order valence-electron chi connectivity index (χ0n) is 8.41. The van der Waals surface area contributed by atoms with Crippen molar-refractivity contribution in [2.45, 2.75) is 13.8 Å². The van der Waals surface area contributed by atoms with E-state index in [4.69, 9.17) is 5.26 Å². The highest BCUT2D eigenvalue weighted by Crippen LogP contribution is 2.21. The first-order chi connectivity index (χ1) is 6.97. The lowest BCUT2D eigenvalue weighted by Crippen LogP contribution is -2.29. The monoisotopic (exact) mass is 267 g/mol. The molecule has 0 atom stereocenters. The summed E-state index contributed by atoms with van der Waals surface area (Å²) in [5.41, 5.74) is -1.06. The van der Waals surface area contributed by atoms with Crippen molar-refractivity contribution >= 4 is 27.7 Å². The zero-order valence-corrected chi connectivity index (χ0v) is 10.00. The Morgan fingerprint density at radius 1 is 1.67 bits per heavy atom. The van der Waals surface area contributed by atoms with E-state index in [9.17, 15) is 4.79 Å². The van der Waals surface area contributed by atoms with Gasteiger partial charge in [-0.2, -0.15) is 5.26 Å². The third kappa shape index (κ3) is 2.77. The van der Waals surface area contributed by atoms with E-state index in [1.165, 1.54) is 0 Å². The van der Waals surface area contributed by atoms with Gasteiger partial charge in [-0.1, -0.05) is 0 Å². The quantitative estimate of drug-likeness (QED) is 0.895. The van der Waals surface area contributed by atoms with Crippen LogP contribution >= 0.6 is 15.9 Å². The van der Waals surface area contributed by atoms with Crippen LogP contribution in [0.1, 0.15) is 13.8 Å². The molecular weight excluding hydrogens is 258 g/mol. The minimum atomic E-state index is -1.06. The molecule has 1 heterocycles. The van der Waals surface area contributed by atoms with Crippen LogP contribution in [0.15, 0.2) is 22.8 Å². The van der Waals surface area contributed by atoms with Crippen LogP contribution in [0.3, 0.4) is 0 Å². The summed E-state index contributed by atoms with van der Waals surface area (Å²) in [6.07, 6.45) is 1.57. The van der Waals surface area contributed by atoms with Crippen LogP contribution in [0.5, 0.6) is 0 Å². The van der Waals surface area contributed by atoms with Gasteiger partial charge in [-0.15, -0.1) is 0 Å². The predicted octanol–water partition coefficient (Wildman–Crippen LogP) is 2.33. The minimum absolute atomic E-state index is 0.371. The molecule has 0 aliphatic carbocycles. The molecule has 4 nitrogen and oxygen atoms in total. The van der Waals surface area contributed by atoms with E-state index in [2.05, 4.69) is 26.2 Å². The molecular formula is C10H10BrN3O. The van der Waals surface area contributed by atoms with E-state index < -0.39 is 5.41 Å². The maximum Gasteiger partial charge on any atom is 0.245 e.